The second kappa shape index (κ2) is 9.39. The van der Waals surface area contributed by atoms with Gasteiger partial charge in [-0.05, 0) is 43.0 Å². The van der Waals surface area contributed by atoms with E-state index in [1.54, 1.807) is 0 Å². The summed E-state index contributed by atoms with van der Waals surface area (Å²) in [5.74, 6) is 0.455. The first-order chi connectivity index (χ1) is 14.6. The molecule has 0 spiro atoms. The van der Waals surface area contributed by atoms with Crippen LogP contribution in [-0.4, -0.2) is 40.1 Å². The predicted octanol–water partition coefficient (Wildman–Crippen LogP) is 4.56. The van der Waals surface area contributed by atoms with Gasteiger partial charge in [0.15, 0.2) is 0 Å². The highest BCUT2D eigenvalue weighted by atomic mass is 32.2. The summed E-state index contributed by atoms with van der Waals surface area (Å²) in [5.41, 5.74) is 3.10. The highest BCUT2D eigenvalue weighted by Gasteiger charge is 2.19. The maximum Gasteiger partial charge on any atom is 0.242 e. The smallest absolute Gasteiger partial charge is 0.242 e. The number of aromatic nitrogens is 1. The summed E-state index contributed by atoms with van der Waals surface area (Å²) < 4.78 is 2.01. The maximum atomic E-state index is 12.6. The van der Waals surface area contributed by atoms with Crippen molar-refractivity contribution in [3.05, 3.63) is 60.3 Å². The minimum atomic E-state index is -0.0331. The van der Waals surface area contributed by atoms with Gasteiger partial charge in [0.25, 0.3) is 0 Å². The molecule has 2 heterocycles. The number of anilines is 1. The molecule has 6 heteroatoms. The number of amides is 2. The van der Waals surface area contributed by atoms with E-state index < -0.39 is 0 Å². The first kappa shape index (κ1) is 20.5. The Morgan fingerprint density at radius 3 is 2.50 bits per heavy atom. The van der Waals surface area contributed by atoms with Crippen LogP contribution in [0.5, 0.6) is 0 Å². The van der Waals surface area contributed by atoms with Crippen molar-refractivity contribution in [2.24, 2.45) is 0 Å². The van der Waals surface area contributed by atoms with Crippen molar-refractivity contribution in [1.29, 1.82) is 0 Å². The number of carbonyl (C=O) groups excluding carboxylic acids is 2. The lowest BCUT2D eigenvalue weighted by molar-refractivity contribution is -0.130. The van der Waals surface area contributed by atoms with Crippen LogP contribution in [-0.2, 0) is 22.6 Å². The van der Waals surface area contributed by atoms with Crippen LogP contribution in [0.25, 0.3) is 10.9 Å². The molecule has 2 amide bonds. The number of para-hydroxylation sites is 1. The Balaban J connectivity index is 1.43. The number of carbonyl (C=O) groups is 2. The monoisotopic (exact) mass is 421 g/mol. The standard InChI is InChI=1S/C24H27N3O2S/c1-2-18-9-11-19(12-10-18)25-23(28)17-30-22-15-27(21-8-4-3-7-20(21)22)16-24(29)26-13-5-6-14-26/h3-4,7-12,15H,2,5-6,13-14,16-17H2,1H3,(H,25,28). The number of likely N-dealkylation sites (tertiary alicyclic amines) is 1. The van der Waals surface area contributed by atoms with E-state index in [2.05, 4.69) is 18.3 Å². The molecule has 1 aromatic heterocycles. The molecule has 30 heavy (non-hydrogen) atoms. The topological polar surface area (TPSA) is 54.3 Å². The lowest BCUT2D eigenvalue weighted by Crippen LogP contribution is -2.30. The largest absolute Gasteiger partial charge is 0.341 e. The molecular formula is C24H27N3O2S. The van der Waals surface area contributed by atoms with Crippen LogP contribution in [0.2, 0.25) is 0 Å². The highest BCUT2D eigenvalue weighted by molar-refractivity contribution is 8.00. The van der Waals surface area contributed by atoms with Gasteiger partial charge in [-0.25, -0.2) is 0 Å². The van der Waals surface area contributed by atoms with E-state index in [0.29, 0.717) is 12.3 Å². The molecule has 0 radical (unpaired) electrons. The van der Waals surface area contributed by atoms with Crippen molar-refractivity contribution in [3.63, 3.8) is 0 Å². The number of rotatable bonds is 7. The van der Waals surface area contributed by atoms with Crippen molar-refractivity contribution in [2.45, 2.75) is 37.6 Å². The average Bonchev–Trinajstić information content (AvgIpc) is 3.42. The summed E-state index contributed by atoms with van der Waals surface area (Å²) in [5, 5.41) is 4.04. The Hall–Kier alpha value is -2.73. The molecule has 1 aliphatic rings. The molecule has 4 rings (SSSR count). The zero-order valence-electron chi connectivity index (χ0n) is 17.3. The summed E-state index contributed by atoms with van der Waals surface area (Å²) in [7, 11) is 0. The van der Waals surface area contributed by atoms with Crippen LogP contribution in [0.1, 0.15) is 25.3 Å². The number of thioether (sulfide) groups is 1. The number of benzene rings is 2. The second-order valence-electron chi connectivity index (χ2n) is 7.61. The lowest BCUT2D eigenvalue weighted by atomic mass is 10.1. The zero-order chi connectivity index (χ0) is 20.9. The van der Waals surface area contributed by atoms with E-state index >= 15 is 0 Å². The van der Waals surface area contributed by atoms with Gasteiger partial charge >= 0.3 is 0 Å². The van der Waals surface area contributed by atoms with E-state index in [0.717, 1.165) is 53.8 Å². The minimum absolute atomic E-state index is 0.0331. The van der Waals surface area contributed by atoms with Crippen molar-refractivity contribution >= 4 is 40.2 Å². The Labute approximate surface area is 181 Å². The molecule has 1 saturated heterocycles. The molecule has 0 bridgehead atoms. The Bertz CT molecular complexity index is 1040. The molecule has 1 N–H and O–H groups in total. The minimum Gasteiger partial charge on any atom is -0.341 e. The van der Waals surface area contributed by atoms with Crippen LogP contribution in [0.15, 0.2) is 59.6 Å². The fraction of sp³-hybridized carbons (Fsp3) is 0.333. The quantitative estimate of drug-likeness (QED) is 0.569. The van der Waals surface area contributed by atoms with Crippen LogP contribution >= 0.6 is 11.8 Å². The summed E-state index contributed by atoms with van der Waals surface area (Å²) >= 11 is 1.51. The molecule has 3 aromatic rings. The molecule has 1 aliphatic heterocycles. The number of nitrogens with one attached hydrogen (secondary N) is 1. The van der Waals surface area contributed by atoms with E-state index in [4.69, 9.17) is 0 Å². The molecule has 2 aromatic carbocycles. The molecule has 0 aliphatic carbocycles. The third-order valence-corrected chi connectivity index (χ3v) is 6.56. The molecule has 0 atom stereocenters. The Morgan fingerprint density at radius 1 is 1.03 bits per heavy atom. The molecule has 0 unspecified atom stereocenters. The average molecular weight is 422 g/mol. The van der Waals surface area contributed by atoms with Crippen molar-refractivity contribution < 1.29 is 9.59 Å². The van der Waals surface area contributed by atoms with Crippen LogP contribution in [0.4, 0.5) is 5.69 Å². The number of hydrogen-bond acceptors (Lipinski definition) is 3. The number of hydrogen-bond donors (Lipinski definition) is 1. The lowest BCUT2D eigenvalue weighted by Gasteiger charge is -2.15. The van der Waals surface area contributed by atoms with Gasteiger partial charge in [0.05, 0.1) is 5.75 Å². The van der Waals surface area contributed by atoms with Crippen molar-refractivity contribution in [1.82, 2.24) is 9.47 Å². The highest BCUT2D eigenvalue weighted by Crippen LogP contribution is 2.30. The first-order valence-electron chi connectivity index (χ1n) is 10.5. The van der Waals surface area contributed by atoms with Crippen molar-refractivity contribution in [2.75, 3.05) is 24.2 Å². The normalized spacial score (nSPS) is 13.7. The number of fused-ring (bicyclic) bond motifs is 1. The Kier molecular flexibility index (Phi) is 6.43. The third-order valence-electron chi connectivity index (χ3n) is 5.52. The molecule has 1 fully saturated rings. The second-order valence-corrected chi connectivity index (χ2v) is 8.63. The van der Waals surface area contributed by atoms with Gasteiger partial charge in [0.2, 0.25) is 11.8 Å². The van der Waals surface area contributed by atoms with E-state index in [1.807, 2.05) is 58.1 Å². The van der Waals surface area contributed by atoms with Gasteiger partial charge < -0.3 is 14.8 Å². The van der Waals surface area contributed by atoms with Gasteiger partial charge in [-0.15, -0.1) is 11.8 Å². The molecular weight excluding hydrogens is 394 g/mol. The fourth-order valence-corrected chi connectivity index (χ4v) is 4.72. The van der Waals surface area contributed by atoms with Crippen LogP contribution in [0.3, 0.4) is 0 Å². The van der Waals surface area contributed by atoms with Gasteiger partial charge in [-0.1, -0.05) is 37.3 Å². The van der Waals surface area contributed by atoms with Crippen LogP contribution in [0, 0.1) is 0 Å². The van der Waals surface area contributed by atoms with Crippen LogP contribution < -0.4 is 5.32 Å². The first-order valence-corrected chi connectivity index (χ1v) is 11.5. The molecule has 0 saturated carbocycles. The Morgan fingerprint density at radius 2 is 1.77 bits per heavy atom. The number of nitrogens with zero attached hydrogens (tertiary/aromatic N) is 2. The summed E-state index contributed by atoms with van der Waals surface area (Å²) in [4.78, 5) is 28.0. The van der Waals surface area contributed by atoms with Gasteiger partial charge in [-0.3, -0.25) is 9.59 Å². The van der Waals surface area contributed by atoms with Crippen molar-refractivity contribution in [3.8, 4) is 0 Å². The summed E-state index contributed by atoms with van der Waals surface area (Å²) in [6.45, 7) is 4.18. The maximum absolute atomic E-state index is 12.6. The molecule has 156 valence electrons. The number of aryl methyl sites for hydroxylation is 1. The summed E-state index contributed by atoms with van der Waals surface area (Å²) in [6, 6.07) is 16.0. The SMILES string of the molecule is CCc1ccc(NC(=O)CSc2cn(CC(=O)N3CCCC3)c3ccccc23)cc1. The summed E-state index contributed by atoms with van der Waals surface area (Å²) in [6.07, 6.45) is 5.17. The van der Waals surface area contributed by atoms with Gasteiger partial charge in [0.1, 0.15) is 6.54 Å². The zero-order valence-corrected chi connectivity index (χ0v) is 18.1. The van der Waals surface area contributed by atoms with Gasteiger partial charge in [-0.2, -0.15) is 0 Å². The van der Waals surface area contributed by atoms with E-state index in [1.165, 1.54) is 17.3 Å². The fourth-order valence-electron chi connectivity index (χ4n) is 3.84. The molecule has 5 nitrogen and oxygen atoms in total. The predicted molar refractivity (Wildman–Crippen MR) is 123 cm³/mol. The third kappa shape index (κ3) is 4.70. The van der Waals surface area contributed by atoms with E-state index in [9.17, 15) is 9.59 Å². The van der Waals surface area contributed by atoms with Gasteiger partial charge in [0, 0.05) is 40.8 Å². The van der Waals surface area contributed by atoms with E-state index in [-0.39, 0.29) is 11.8 Å².